The summed E-state index contributed by atoms with van der Waals surface area (Å²) in [6.07, 6.45) is 2.06. The monoisotopic (exact) mass is 402 g/mol. The third-order valence-corrected chi connectivity index (χ3v) is 3.80. The molecule has 25 heavy (non-hydrogen) atoms. The molecule has 0 spiro atoms. The fraction of sp³-hybridized carbons (Fsp3) is 0.158. The van der Waals surface area contributed by atoms with Crippen LogP contribution in [-0.2, 0) is 4.79 Å². The van der Waals surface area contributed by atoms with Gasteiger partial charge in [-0.25, -0.2) is 0 Å². The van der Waals surface area contributed by atoms with E-state index in [2.05, 4.69) is 26.6 Å². The smallest absolute Gasteiger partial charge is 0.267 e. The van der Waals surface area contributed by atoms with E-state index in [0.29, 0.717) is 18.5 Å². The van der Waals surface area contributed by atoms with Crippen LogP contribution in [0.25, 0.3) is 6.08 Å². The standard InChI is InChI=1S/C19H19BrN2O3/c20-16-9-4-8-15(13-16)18(24)22-17(19(25)21-10-5-11-23)12-14-6-2-1-3-7-14/h1-4,6-9,12-13,23H,5,10-11H2,(H,21,25)(H,22,24)/b17-12+. The third-order valence-electron chi connectivity index (χ3n) is 3.31. The molecule has 2 aromatic carbocycles. The minimum atomic E-state index is -0.402. The minimum absolute atomic E-state index is 0.0115. The number of hydrogen-bond donors (Lipinski definition) is 3. The van der Waals surface area contributed by atoms with Gasteiger partial charge in [0.15, 0.2) is 0 Å². The molecule has 0 radical (unpaired) electrons. The van der Waals surface area contributed by atoms with E-state index in [1.54, 1.807) is 24.3 Å². The Labute approximate surface area is 154 Å². The van der Waals surface area contributed by atoms with E-state index in [1.165, 1.54) is 0 Å². The van der Waals surface area contributed by atoms with Crippen LogP contribution in [-0.4, -0.2) is 30.1 Å². The molecular formula is C19H19BrN2O3. The number of benzene rings is 2. The second-order valence-electron chi connectivity index (χ2n) is 5.27. The normalized spacial score (nSPS) is 11.0. The van der Waals surface area contributed by atoms with Gasteiger partial charge >= 0.3 is 0 Å². The molecule has 6 heteroatoms. The summed E-state index contributed by atoms with van der Waals surface area (Å²) in [5, 5.41) is 14.2. The summed E-state index contributed by atoms with van der Waals surface area (Å²) in [4.78, 5) is 24.8. The number of halogens is 1. The van der Waals surface area contributed by atoms with Crippen LogP contribution in [0.4, 0.5) is 0 Å². The SMILES string of the molecule is O=C(NCCCO)/C(=C\c1ccccc1)NC(=O)c1cccc(Br)c1. The molecule has 5 nitrogen and oxygen atoms in total. The molecule has 0 aromatic heterocycles. The van der Waals surface area contributed by atoms with Crippen LogP contribution < -0.4 is 10.6 Å². The Morgan fingerprint density at radius 3 is 2.52 bits per heavy atom. The van der Waals surface area contributed by atoms with Gasteiger partial charge < -0.3 is 15.7 Å². The van der Waals surface area contributed by atoms with Gasteiger partial charge in [0.05, 0.1) is 0 Å². The summed E-state index contributed by atoms with van der Waals surface area (Å²) < 4.78 is 0.779. The summed E-state index contributed by atoms with van der Waals surface area (Å²) >= 11 is 3.32. The second-order valence-corrected chi connectivity index (χ2v) is 6.18. The van der Waals surface area contributed by atoms with Gasteiger partial charge in [0.1, 0.15) is 5.70 Å². The highest BCUT2D eigenvalue weighted by molar-refractivity contribution is 9.10. The lowest BCUT2D eigenvalue weighted by Gasteiger charge is -2.11. The molecule has 0 bridgehead atoms. The number of aliphatic hydroxyl groups is 1. The molecule has 2 amide bonds. The third kappa shape index (κ3) is 6.17. The summed E-state index contributed by atoms with van der Waals surface area (Å²) in [6.45, 7) is 0.316. The number of carbonyl (C=O) groups excluding carboxylic acids is 2. The molecule has 0 aliphatic heterocycles. The van der Waals surface area contributed by atoms with Crippen molar-refractivity contribution in [2.24, 2.45) is 0 Å². The number of hydrogen-bond acceptors (Lipinski definition) is 3. The zero-order chi connectivity index (χ0) is 18.1. The molecule has 0 heterocycles. The van der Waals surface area contributed by atoms with Crippen LogP contribution in [0.15, 0.2) is 64.8 Å². The molecule has 0 atom stereocenters. The van der Waals surface area contributed by atoms with Crippen molar-refractivity contribution in [2.75, 3.05) is 13.2 Å². The van der Waals surface area contributed by atoms with Crippen LogP contribution in [0.5, 0.6) is 0 Å². The van der Waals surface area contributed by atoms with E-state index in [0.717, 1.165) is 10.0 Å². The second kappa shape index (κ2) is 9.76. The summed E-state index contributed by atoms with van der Waals surface area (Å²) in [5.74, 6) is -0.776. The quantitative estimate of drug-likeness (QED) is 0.492. The zero-order valence-electron chi connectivity index (χ0n) is 13.5. The van der Waals surface area contributed by atoms with E-state index in [-0.39, 0.29) is 18.2 Å². The number of aliphatic hydroxyl groups excluding tert-OH is 1. The van der Waals surface area contributed by atoms with Gasteiger partial charge in [-0.3, -0.25) is 9.59 Å². The molecule has 3 N–H and O–H groups in total. The van der Waals surface area contributed by atoms with E-state index >= 15 is 0 Å². The first kappa shape index (κ1) is 18.9. The molecule has 0 saturated heterocycles. The molecule has 130 valence electrons. The van der Waals surface area contributed by atoms with E-state index < -0.39 is 5.91 Å². The highest BCUT2D eigenvalue weighted by Crippen LogP contribution is 2.12. The maximum atomic E-state index is 12.4. The molecule has 0 aliphatic carbocycles. The fourth-order valence-corrected chi connectivity index (χ4v) is 2.47. The summed E-state index contributed by atoms with van der Waals surface area (Å²) in [6, 6.07) is 16.2. The predicted molar refractivity (Wildman–Crippen MR) is 101 cm³/mol. The highest BCUT2D eigenvalue weighted by atomic mass is 79.9. The van der Waals surface area contributed by atoms with Crippen LogP contribution in [0, 0.1) is 0 Å². The first-order chi connectivity index (χ1) is 12.1. The molecular weight excluding hydrogens is 384 g/mol. The highest BCUT2D eigenvalue weighted by Gasteiger charge is 2.14. The number of amides is 2. The maximum absolute atomic E-state index is 12.4. The molecule has 0 saturated carbocycles. The Kier molecular flexibility index (Phi) is 7.37. The lowest BCUT2D eigenvalue weighted by molar-refractivity contribution is -0.117. The Bertz CT molecular complexity index is 760. The van der Waals surface area contributed by atoms with E-state index in [4.69, 9.17) is 5.11 Å². The predicted octanol–water partition coefficient (Wildman–Crippen LogP) is 2.72. The molecule has 2 rings (SSSR count). The van der Waals surface area contributed by atoms with Gasteiger partial charge in [-0.1, -0.05) is 52.3 Å². The molecule has 0 aliphatic rings. The van der Waals surface area contributed by atoms with Crippen LogP contribution in [0.1, 0.15) is 22.3 Å². The van der Waals surface area contributed by atoms with Crippen molar-refractivity contribution in [3.63, 3.8) is 0 Å². The fourth-order valence-electron chi connectivity index (χ4n) is 2.07. The zero-order valence-corrected chi connectivity index (χ0v) is 15.1. The Morgan fingerprint density at radius 1 is 1.08 bits per heavy atom. The average molecular weight is 403 g/mol. The topological polar surface area (TPSA) is 78.4 Å². The first-order valence-electron chi connectivity index (χ1n) is 7.83. The molecule has 0 unspecified atom stereocenters. The summed E-state index contributed by atoms with van der Waals surface area (Å²) in [7, 11) is 0. The lowest BCUT2D eigenvalue weighted by Crippen LogP contribution is -2.35. The van der Waals surface area contributed by atoms with Crippen LogP contribution in [0.2, 0.25) is 0 Å². The summed E-state index contributed by atoms with van der Waals surface area (Å²) in [5.41, 5.74) is 1.38. The van der Waals surface area contributed by atoms with Crippen molar-refractivity contribution in [3.8, 4) is 0 Å². The van der Waals surface area contributed by atoms with Crippen molar-refractivity contribution in [2.45, 2.75) is 6.42 Å². The molecule has 2 aromatic rings. The first-order valence-corrected chi connectivity index (χ1v) is 8.62. The van der Waals surface area contributed by atoms with Gasteiger partial charge in [-0.05, 0) is 36.3 Å². The Balaban J connectivity index is 2.20. The number of nitrogens with one attached hydrogen (secondary N) is 2. The van der Waals surface area contributed by atoms with E-state index in [9.17, 15) is 9.59 Å². The van der Waals surface area contributed by atoms with Crippen LogP contribution in [0.3, 0.4) is 0 Å². The van der Waals surface area contributed by atoms with E-state index in [1.807, 2.05) is 36.4 Å². The van der Waals surface area contributed by atoms with Gasteiger partial charge in [0.2, 0.25) is 0 Å². The van der Waals surface area contributed by atoms with Gasteiger partial charge in [-0.2, -0.15) is 0 Å². The van der Waals surface area contributed by atoms with Crippen molar-refractivity contribution in [1.82, 2.24) is 10.6 Å². The van der Waals surface area contributed by atoms with Crippen molar-refractivity contribution < 1.29 is 14.7 Å². The van der Waals surface area contributed by atoms with Crippen molar-refractivity contribution in [3.05, 3.63) is 75.9 Å². The molecule has 0 fully saturated rings. The van der Waals surface area contributed by atoms with Gasteiger partial charge in [0.25, 0.3) is 11.8 Å². The van der Waals surface area contributed by atoms with Crippen molar-refractivity contribution >= 4 is 33.8 Å². The van der Waals surface area contributed by atoms with Gasteiger partial charge in [0, 0.05) is 23.2 Å². The van der Waals surface area contributed by atoms with Crippen LogP contribution >= 0.6 is 15.9 Å². The van der Waals surface area contributed by atoms with Crippen molar-refractivity contribution in [1.29, 1.82) is 0 Å². The number of carbonyl (C=O) groups is 2. The minimum Gasteiger partial charge on any atom is -0.396 e. The number of rotatable bonds is 7. The average Bonchev–Trinajstić information content (AvgIpc) is 2.62. The largest absolute Gasteiger partial charge is 0.396 e. The Hall–Kier alpha value is -2.44. The lowest BCUT2D eigenvalue weighted by atomic mass is 10.1. The van der Waals surface area contributed by atoms with Gasteiger partial charge in [-0.15, -0.1) is 0 Å². The maximum Gasteiger partial charge on any atom is 0.267 e. The Morgan fingerprint density at radius 2 is 1.84 bits per heavy atom.